The molecule has 1 heterocycles. The first-order valence-corrected chi connectivity index (χ1v) is 5.80. The Morgan fingerprint density at radius 3 is 2.89 bits per heavy atom. The van der Waals surface area contributed by atoms with Crippen LogP contribution < -0.4 is 10.1 Å². The van der Waals surface area contributed by atoms with Crippen molar-refractivity contribution in [1.29, 1.82) is 0 Å². The quantitative estimate of drug-likeness (QED) is 0.865. The summed E-state index contributed by atoms with van der Waals surface area (Å²) in [5, 5.41) is 12.1. The molecule has 0 spiro atoms. The van der Waals surface area contributed by atoms with E-state index in [-0.39, 0.29) is 5.76 Å². The lowest BCUT2D eigenvalue weighted by atomic mass is 10.1. The fourth-order valence-corrected chi connectivity index (χ4v) is 1.77. The van der Waals surface area contributed by atoms with Crippen molar-refractivity contribution in [3.63, 3.8) is 0 Å². The van der Waals surface area contributed by atoms with Crippen LogP contribution in [0.5, 0.6) is 5.75 Å². The van der Waals surface area contributed by atoms with E-state index in [0.717, 1.165) is 17.0 Å². The van der Waals surface area contributed by atoms with E-state index < -0.39 is 5.97 Å². The molecule has 0 aliphatic rings. The number of nitrogens with one attached hydrogen (secondary N) is 1. The molecule has 1 aromatic heterocycles. The smallest absolute Gasteiger partial charge is 0.372 e. The van der Waals surface area contributed by atoms with Gasteiger partial charge in [0.05, 0.1) is 13.4 Å². The zero-order chi connectivity index (χ0) is 13.8. The Bertz CT molecular complexity index is 589. The minimum absolute atomic E-state index is 0.0342. The summed E-state index contributed by atoms with van der Waals surface area (Å²) in [6, 6.07) is 7.33. The van der Waals surface area contributed by atoms with Crippen molar-refractivity contribution < 1.29 is 19.1 Å². The van der Waals surface area contributed by atoms with Crippen LogP contribution in [-0.4, -0.2) is 18.2 Å². The molecule has 2 rings (SSSR count). The number of aromatic carboxylic acids is 1. The number of carboxylic acid groups (broad SMARTS) is 1. The Morgan fingerprint density at radius 1 is 1.42 bits per heavy atom. The van der Waals surface area contributed by atoms with Crippen molar-refractivity contribution in [1.82, 2.24) is 0 Å². The van der Waals surface area contributed by atoms with Crippen molar-refractivity contribution in [3.8, 4) is 5.75 Å². The molecule has 0 bridgehead atoms. The van der Waals surface area contributed by atoms with Crippen LogP contribution in [0.2, 0.25) is 0 Å². The van der Waals surface area contributed by atoms with Gasteiger partial charge in [-0.1, -0.05) is 6.07 Å². The summed E-state index contributed by atoms with van der Waals surface area (Å²) in [6.07, 6.45) is 1.37. The van der Waals surface area contributed by atoms with Gasteiger partial charge in [-0.3, -0.25) is 0 Å². The molecule has 5 heteroatoms. The number of furan rings is 1. The second kappa shape index (κ2) is 5.48. The van der Waals surface area contributed by atoms with E-state index in [0.29, 0.717) is 12.1 Å². The topological polar surface area (TPSA) is 71.7 Å². The summed E-state index contributed by atoms with van der Waals surface area (Å²) in [7, 11) is 1.60. The predicted molar refractivity (Wildman–Crippen MR) is 70.7 cm³/mol. The minimum Gasteiger partial charge on any atom is -0.497 e. The molecule has 1 aromatic carbocycles. The number of hydrogen-bond donors (Lipinski definition) is 2. The van der Waals surface area contributed by atoms with E-state index in [2.05, 4.69) is 5.32 Å². The monoisotopic (exact) mass is 261 g/mol. The van der Waals surface area contributed by atoms with Gasteiger partial charge in [-0.2, -0.15) is 0 Å². The van der Waals surface area contributed by atoms with E-state index in [1.54, 1.807) is 13.2 Å². The number of carboxylic acids is 1. The van der Waals surface area contributed by atoms with Gasteiger partial charge >= 0.3 is 5.97 Å². The van der Waals surface area contributed by atoms with E-state index in [4.69, 9.17) is 14.3 Å². The van der Waals surface area contributed by atoms with Gasteiger partial charge < -0.3 is 19.6 Å². The summed E-state index contributed by atoms with van der Waals surface area (Å²) in [5.41, 5.74) is 2.56. The Hall–Kier alpha value is -2.43. The number of aryl methyl sites for hydroxylation is 1. The molecule has 0 saturated heterocycles. The van der Waals surface area contributed by atoms with Gasteiger partial charge in [0.1, 0.15) is 5.75 Å². The Balaban J connectivity index is 2.14. The maximum atomic E-state index is 10.9. The van der Waals surface area contributed by atoms with E-state index in [1.165, 1.54) is 6.26 Å². The number of carbonyl (C=O) groups is 1. The number of methoxy groups -OCH3 is 1. The van der Waals surface area contributed by atoms with Gasteiger partial charge in [0.25, 0.3) is 0 Å². The van der Waals surface area contributed by atoms with Crippen LogP contribution in [0.1, 0.15) is 21.7 Å². The van der Waals surface area contributed by atoms with Crippen LogP contribution in [0, 0.1) is 6.92 Å². The molecule has 0 radical (unpaired) electrons. The number of benzene rings is 1. The van der Waals surface area contributed by atoms with Crippen molar-refractivity contribution in [2.45, 2.75) is 13.5 Å². The van der Waals surface area contributed by atoms with Crippen LogP contribution in [0.4, 0.5) is 5.69 Å². The van der Waals surface area contributed by atoms with Gasteiger partial charge in [-0.25, -0.2) is 4.79 Å². The highest BCUT2D eigenvalue weighted by Gasteiger charge is 2.13. The molecule has 0 aliphatic heterocycles. The average Bonchev–Trinajstić information content (AvgIpc) is 2.86. The maximum Gasteiger partial charge on any atom is 0.372 e. The standard InChI is InChI=1S/C14H15NO4/c1-9-3-4-11(18-2)7-12(9)15-8-10-5-6-19-13(10)14(16)17/h3-7,15H,8H2,1-2H3,(H,16,17). The zero-order valence-electron chi connectivity index (χ0n) is 10.8. The van der Waals surface area contributed by atoms with E-state index in [9.17, 15) is 4.79 Å². The lowest BCUT2D eigenvalue weighted by Gasteiger charge is -2.10. The average molecular weight is 261 g/mol. The molecule has 2 N–H and O–H groups in total. The predicted octanol–water partition coefficient (Wildman–Crippen LogP) is 2.91. The third-order valence-corrected chi connectivity index (χ3v) is 2.86. The molecule has 0 aliphatic carbocycles. The summed E-state index contributed by atoms with van der Waals surface area (Å²) >= 11 is 0. The molecule has 0 amide bonds. The summed E-state index contributed by atoms with van der Waals surface area (Å²) in [6.45, 7) is 2.35. The van der Waals surface area contributed by atoms with Crippen molar-refractivity contribution in [2.75, 3.05) is 12.4 Å². The Labute approximate surface area is 110 Å². The number of ether oxygens (including phenoxy) is 1. The maximum absolute atomic E-state index is 10.9. The molecular formula is C14H15NO4. The number of hydrogen-bond acceptors (Lipinski definition) is 4. The highest BCUT2D eigenvalue weighted by molar-refractivity contribution is 5.86. The van der Waals surface area contributed by atoms with E-state index in [1.807, 2.05) is 25.1 Å². The first-order chi connectivity index (χ1) is 9.11. The Morgan fingerprint density at radius 2 is 2.21 bits per heavy atom. The first kappa shape index (κ1) is 13.0. The third kappa shape index (κ3) is 2.88. The zero-order valence-corrected chi connectivity index (χ0v) is 10.8. The second-order valence-corrected chi connectivity index (χ2v) is 4.11. The third-order valence-electron chi connectivity index (χ3n) is 2.86. The first-order valence-electron chi connectivity index (χ1n) is 5.80. The lowest BCUT2D eigenvalue weighted by molar-refractivity contribution is 0.0661. The van der Waals surface area contributed by atoms with Crippen molar-refractivity contribution in [2.24, 2.45) is 0 Å². The summed E-state index contributed by atoms with van der Waals surface area (Å²) in [5.74, 6) is -0.351. The van der Waals surface area contributed by atoms with Crippen LogP contribution >= 0.6 is 0 Å². The fourth-order valence-electron chi connectivity index (χ4n) is 1.77. The van der Waals surface area contributed by atoms with Gasteiger partial charge in [-0.05, 0) is 24.6 Å². The Kier molecular flexibility index (Phi) is 3.75. The van der Waals surface area contributed by atoms with E-state index >= 15 is 0 Å². The number of rotatable bonds is 5. The van der Waals surface area contributed by atoms with Crippen LogP contribution in [0.25, 0.3) is 0 Å². The van der Waals surface area contributed by atoms with Gasteiger partial charge in [0, 0.05) is 23.9 Å². The lowest BCUT2D eigenvalue weighted by Crippen LogP contribution is -2.05. The van der Waals surface area contributed by atoms with Gasteiger partial charge in [0.2, 0.25) is 5.76 Å². The largest absolute Gasteiger partial charge is 0.497 e. The van der Waals surface area contributed by atoms with Gasteiger partial charge in [-0.15, -0.1) is 0 Å². The second-order valence-electron chi connectivity index (χ2n) is 4.11. The molecule has 100 valence electrons. The molecule has 0 unspecified atom stereocenters. The molecule has 5 nitrogen and oxygen atoms in total. The summed E-state index contributed by atoms with van der Waals surface area (Å²) in [4.78, 5) is 10.9. The molecule has 0 fully saturated rings. The molecule has 0 atom stereocenters. The van der Waals surface area contributed by atoms with Crippen LogP contribution in [-0.2, 0) is 6.54 Å². The minimum atomic E-state index is -1.07. The van der Waals surface area contributed by atoms with Gasteiger partial charge in [0.15, 0.2) is 0 Å². The molecule has 0 saturated carbocycles. The summed E-state index contributed by atoms with van der Waals surface area (Å²) < 4.78 is 10.1. The SMILES string of the molecule is COc1ccc(C)c(NCc2ccoc2C(=O)O)c1. The van der Waals surface area contributed by atoms with Crippen LogP contribution in [0.3, 0.4) is 0 Å². The fraction of sp³-hybridized carbons (Fsp3) is 0.214. The normalized spacial score (nSPS) is 10.2. The molecule has 2 aromatic rings. The van der Waals surface area contributed by atoms with Crippen LogP contribution in [0.15, 0.2) is 34.9 Å². The molecular weight excluding hydrogens is 246 g/mol. The number of anilines is 1. The molecule has 19 heavy (non-hydrogen) atoms. The van der Waals surface area contributed by atoms with Crippen molar-refractivity contribution >= 4 is 11.7 Å². The van der Waals surface area contributed by atoms with Crippen molar-refractivity contribution in [3.05, 3.63) is 47.4 Å². The highest BCUT2D eigenvalue weighted by atomic mass is 16.5. The highest BCUT2D eigenvalue weighted by Crippen LogP contribution is 2.23.